The summed E-state index contributed by atoms with van der Waals surface area (Å²) in [6, 6.07) is 5.24. The lowest BCUT2D eigenvalue weighted by atomic mass is 10.1. The average molecular weight is 307 g/mol. The van der Waals surface area contributed by atoms with Crippen molar-refractivity contribution >= 4 is 40.0 Å². The molecule has 0 aromatic heterocycles. The molecule has 0 fully saturated rings. The Labute approximate surface area is 95.9 Å². The minimum absolute atomic E-state index is 0.0571. The van der Waals surface area contributed by atoms with Crippen LogP contribution in [0.15, 0.2) is 30.4 Å². The van der Waals surface area contributed by atoms with Crippen LogP contribution >= 0.6 is 34.2 Å². The third-order valence-electron chi connectivity index (χ3n) is 1.57. The van der Waals surface area contributed by atoms with Crippen LogP contribution in [0.2, 0.25) is 5.02 Å². The molecule has 0 aliphatic heterocycles. The number of carbonyl (C=O) groups is 1. The summed E-state index contributed by atoms with van der Waals surface area (Å²) in [5.74, 6) is -0.0571. The molecule has 0 aliphatic carbocycles. The van der Waals surface area contributed by atoms with Gasteiger partial charge in [-0.15, -0.1) is 0 Å². The molecule has 3 heteroatoms. The molecule has 0 heterocycles. The maximum absolute atomic E-state index is 11.4. The number of halogens is 2. The lowest BCUT2D eigenvalue weighted by molar-refractivity contribution is 0.103. The zero-order valence-electron chi connectivity index (χ0n) is 7.10. The molecule has 0 saturated heterocycles. The molecule has 0 N–H and O–H groups in total. The quantitative estimate of drug-likeness (QED) is 0.462. The first-order valence-electron chi connectivity index (χ1n) is 3.67. The predicted octanol–water partition coefficient (Wildman–Crippen LogP) is 3.70. The Hall–Kier alpha value is -0.350. The maximum Gasteiger partial charge on any atom is 0.188 e. The number of hydrogen-bond acceptors (Lipinski definition) is 1. The Kier molecular flexibility index (Phi) is 3.50. The largest absolute Gasteiger partial charge is 0.289 e. The first-order valence-corrected chi connectivity index (χ1v) is 5.13. The lowest BCUT2D eigenvalue weighted by Gasteiger charge is -2.01. The van der Waals surface area contributed by atoms with Gasteiger partial charge in [-0.3, -0.25) is 4.79 Å². The molecular formula is C10H8ClIO. The van der Waals surface area contributed by atoms with Crippen LogP contribution in [0.4, 0.5) is 0 Å². The van der Waals surface area contributed by atoms with Crippen LogP contribution in [-0.4, -0.2) is 5.78 Å². The Morgan fingerprint density at radius 2 is 2.15 bits per heavy atom. The van der Waals surface area contributed by atoms with Crippen LogP contribution < -0.4 is 0 Å². The number of hydrogen-bond donors (Lipinski definition) is 0. The number of ketones is 1. The van der Waals surface area contributed by atoms with E-state index in [1.54, 1.807) is 19.1 Å². The first kappa shape index (κ1) is 10.7. The summed E-state index contributed by atoms with van der Waals surface area (Å²) in [5.41, 5.74) is 1.12. The second-order valence-electron chi connectivity index (χ2n) is 2.74. The van der Waals surface area contributed by atoms with Gasteiger partial charge in [0.25, 0.3) is 0 Å². The van der Waals surface area contributed by atoms with Gasteiger partial charge in [-0.2, -0.15) is 0 Å². The average Bonchev–Trinajstić information content (AvgIpc) is 2.08. The van der Waals surface area contributed by atoms with Crippen molar-refractivity contribution in [1.82, 2.24) is 0 Å². The molecule has 0 bridgehead atoms. The van der Waals surface area contributed by atoms with Crippen molar-refractivity contribution in [2.24, 2.45) is 0 Å². The van der Waals surface area contributed by atoms with Crippen LogP contribution in [0.1, 0.15) is 17.3 Å². The van der Waals surface area contributed by atoms with Crippen LogP contribution in [0.5, 0.6) is 0 Å². The Morgan fingerprint density at radius 3 is 2.62 bits per heavy atom. The summed E-state index contributed by atoms with van der Waals surface area (Å²) >= 11 is 7.99. The van der Waals surface area contributed by atoms with Gasteiger partial charge in [0.15, 0.2) is 5.78 Å². The van der Waals surface area contributed by atoms with E-state index in [1.807, 2.05) is 6.07 Å². The molecule has 1 nitrogen and oxygen atoms in total. The van der Waals surface area contributed by atoms with E-state index in [-0.39, 0.29) is 5.78 Å². The summed E-state index contributed by atoms with van der Waals surface area (Å²) in [4.78, 5) is 11.4. The molecule has 0 atom stereocenters. The number of benzene rings is 1. The van der Waals surface area contributed by atoms with Crippen LogP contribution in [0.25, 0.3) is 0 Å². The van der Waals surface area contributed by atoms with E-state index < -0.39 is 0 Å². The van der Waals surface area contributed by atoms with E-state index in [4.69, 9.17) is 11.6 Å². The molecule has 68 valence electrons. The zero-order valence-corrected chi connectivity index (χ0v) is 10.0. The number of Topliss-reactive ketones (excluding diaryl/α,β-unsaturated/α-hetero) is 1. The van der Waals surface area contributed by atoms with Gasteiger partial charge in [-0.05, 0) is 53.3 Å². The molecule has 13 heavy (non-hydrogen) atoms. The van der Waals surface area contributed by atoms with E-state index in [2.05, 4.69) is 29.2 Å². The smallest absolute Gasteiger partial charge is 0.188 e. The van der Waals surface area contributed by atoms with E-state index in [0.717, 1.165) is 3.57 Å². The fraction of sp³-hybridized carbons (Fsp3) is 0.100. The van der Waals surface area contributed by atoms with E-state index in [9.17, 15) is 4.79 Å². The lowest BCUT2D eigenvalue weighted by Crippen LogP contribution is -1.99. The highest BCUT2D eigenvalue weighted by atomic mass is 127. The molecule has 1 rings (SSSR count). The van der Waals surface area contributed by atoms with Crippen LogP contribution in [-0.2, 0) is 0 Å². The molecule has 0 saturated carbocycles. The van der Waals surface area contributed by atoms with Crippen LogP contribution in [0.3, 0.4) is 0 Å². The van der Waals surface area contributed by atoms with Gasteiger partial charge in [0.2, 0.25) is 0 Å². The fourth-order valence-corrected chi connectivity index (χ4v) is 1.40. The third-order valence-corrected chi connectivity index (χ3v) is 3.14. The van der Waals surface area contributed by atoms with Crippen molar-refractivity contribution in [2.75, 3.05) is 0 Å². The summed E-state index contributed by atoms with van der Waals surface area (Å²) in [6.45, 7) is 5.28. The summed E-state index contributed by atoms with van der Waals surface area (Å²) in [6.07, 6.45) is 0. The monoisotopic (exact) mass is 306 g/mol. The van der Waals surface area contributed by atoms with Gasteiger partial charge in [-0.25, -0.2) is 0 Å². The highest BCUT2D eigenvalue weighted by molar-refractivity contribution is 14.1. The van der Waals surface area contributed by atoms with Gasteiger partial charge in [0, 0.05) is 9.13 Å². The zero-order chi connectivity index (χ0) is 10.0. The van der Waals surface area contributed by atoms with Crippen molar-refractivity contribution in [3.05, 3.63) is 44.5 Å². The van der Waals surface area contributed by atoms with Crippen molar-refractivity contribution < 1.29 is 4.79 Å². The summed E-state index contributed by atoms with van der Waals surface area (Å²) in [5, 5.41) is 0.604. The Balaban J connectivity index is 3.11. The topological polar surface area (TPSA) is 17.1 Å². The molecule has 1 aromatic rings. The van der Waals surface area contributed by atoms with Gasteiger partial charge in [-0.1, -0.05) is 18.2 Å². The Morgan fingerprint density at radius 1 is 1.54 bits per heavy atom. The predicted molar refractivity (Wildman–Crippen MR) is 63.3 cm³/mol. The minimum atomic E-state index is -0.0571. The van der Waals surface area contributed by atoms with Gasteiger partial charge in [0.1, 0.15) is 0 Å². The highest BCUT2D eigenvalue weighted by Crippen LogP contribution is 2.20. The Bertz CT molecular complexity index is 371. The molecule has 0 amide bonds. The normalized spacial score (nSPS) is 9.77. The highest BCUT2D eigenvalue weighted by Gasteiger charge is 2.07. The maximum atomic E-state index is 11.4. The van der Waals surface area contributed by atoms with Gasteiger partial charge in [0.05, 0.1) is 5.02 Å². The van der Waals surface area contributed by atoms with Crippen molar-refractivity contribution in [1.29, 1.82) is 0 Å². The molecule has 0 spiro atoms. The van der Waals surface area contributed by atoms with Crippen molar-refractivity contribution in [2.45, 2.75) is 6.92 Å². The third kappa shape index (κ3) is 2.54. The summed E-state index contributed by atoms with van der Waals surface area (Å²) < 4.78 is 0.942. The van der Waals surface area contributed by atoms with Crippen LogP contribution in [0, 0.1) is 3.57 Å². The van der Waals surface area contributed by atoms with Crippen molar-refractivity contribution in [3.63, 3.8) is 0 Å². The molecule has 0 aliphatic rings. The second kappa shape index (κ2) is 4.24. The molecule has 0 radical (unpaired) electrons. The number of carbonyl (C=O) groups excluding carboxylic acids is 1. The SMILES string of the molecule is C=C(C)C(=O)c1ccc(I)c(Cl)c1. The number of rotatable bonds is 2. The van der Waals surface area contributed by atoms with E-state index in [0.29, 0.717) is 16.2 Å². The molecule has 1 aromatic carbocycles. The fourth-order valence-electron chi connectivity index (χ4n) is 0.884. The summed E-state index contributed by atoms with van der Waals surface area (Å²) in [7, 11) is 0. The van der Waals surface area contributed by atoms with E-state index >= 15 is 0 Å². The van der Waals surface area contributed by atoms with Crippen molar-refractivity contribution in [3.8, 4) is 0 Å². The van der Waals surface area contributed by atoms with E-state index in [1.165, 1.54) is 0 Å². The molecule has 0 unspecified atom stereocenters. The number of allylic oxidation sites excluding steroid dienone is 1. The van der Waals surface area contributed by atoms with Gasteiger partial charge < -0.3 is 0 Å². The first-order chi connectivity index (χ1) is 6.02. The second-order valence-corrected chi connectivity index (χ2v) is 4.31. The minimum Gasteiger partial charge on any atom is -0.289 e. The standard InChI is InChI=1S/C10H8ClIO/c1-6(2)10(13)7-3-4-9(12)8(11)5-7/h3-5H,1H2,2H3. The molecular weight excluding hydrogens is 298 g/mol. The van der Waals surface area contributed by atoms with Gasteiger partial charge >= 0.3 is 0 Å².